The first-order chi connectivity index (χ1) is 45.3. The van der Waals surface area contributed by atoms with Gasteiger partial charge >= 0.3 is 0 Å². The predicted octanol–water partition coefficient (Wildman–Crippen LogP) is 10.3. The van der Waals surface area contributed by atoms with E-state index in [0.717, 1.165) is 68.8 Å². The molecule has 0 saturated carbocycles. The minimum atomic E-state index is -4.16. The molecule has 10 rings (SSSR count). The van der Waals surface area contributed by atoms with E-state index in [-0.39, 0.29) is 68.1 Å². The highest BCUT2D eigenvalue weighted by Crippen LogP contribution is 2.39. The van der Waals surface area contributed by atoms with Gasteiger partial charge in [0.1, 0.15) is 54.1 Å². The summed E-state index contributed by atoms with van der Waals surface area (Å²) in [6.45, 7) is 0.547. The third kappa shape index (κ3) is 17.2. The monoisotopic (exact) mass is 1340 g/mol. The van der Waals surface area contributed by atoms with Crippen LogP contribution in [0.25, 0.3) is 0 Å². The molecule has 0 bridgehead atoms. The summed E-state index contributed by atoms with van der Waals surface area (Å²) in [5.41, 5.74) is 2.66. The van der Waals surface area contributed by atoms with Gasteiger partial charge in [0, 0.05) is 61.5 Å². The number of nitrogens with zero attached hydrogens (tertiary/aromatic N) is 6. The highest BCUT2D eigenvalue weighted by atomic mass is 32.2. The van der Waals surface area contributed by atoms with Crippen LogP contribution < -0.4 is 51.6 Å². The summed E-state index contributed by atoms with van der Waals surface area (Å²) < 4.78 is 130. The smallest absolute Gasteiger partial charge is 0.264 e. The van der Waals surface area contributed by atoms with E-state index in [0.29, 0.717) is 48.4 Å². The average Bonchev–Trinajstić information content (AvgIpc) is 0.807. The molecular weight excluding hydrogens is 1270 g/mol. The number of fused-ring (bicyclic) bond motifs is 1. The van der Waals surface area contributed by atoms with Crippen LogP contribution in [0, 0.1) is 5.95 Å². The molecule has 1 saturated heterocycles. The van der Waals surface area contributed by atoms with Crippen molar-refractivity contribution in [2.45, 2.75) is 53.2 Å². The number of benzene rings is 7. The molecule has 26 heteroatoms. The Labute approximate surface area is 548 Å². The summed E-state index contributed by atoms with van der Waals surface area (Å²) >= 11 is 0. The van der Waals surface area contributed by atoms with Crippen LogP contribution in [0.2, 0.25) is 0 Å². The Kier molecular flexibility index (Phi) is 24.2. The number of carbonyl (C=O) groups is 3. The molecule has 0 radical (unpaired) electrons. The van der Waals surface area contributed by atoms with Gasteiger partial charge in [0.2, 0.25) is 23.7 Å². The van der Waals surface area contributed by atoms with Crippen LogP contribution in [0.3, 0.4) is 0 Å². The number of nitrogens with one attached hydrogen (secondary N) is 1. The number of amides is 3. The third-order valence-corrected chi connectivity index (χ3v) is 20.5. The first-order valence-corrected chi connectivity index (χ1v) is 34.1. The number of methoxy groups -OCH3 is 6. The minimum absolute atomic E-state index is 0.0115. The second-order valence-electron chi connectivity index (χ2n) is 21.1. The maximum absolute atomic E-state index is 13.7. The molecule has 0 unspecified atom stereocenters. The van der Waals surface area contributed by atoms with Crippen molar-refractivity contribution in [1.29, 1.82) is 0 Å². The van der Waals surface area contributed by atoms with Gasteiger partial charge in [0.25, 0.3) is 30.1 Å². The van der Waals surface area contributed by atoms with Crippen molar-refractivity contribution >= 4 is 76.2 Å². The normalized spacial score (nSPS) is 12.9. The largest absolute Gasteiger partial charge is 0.497 e. The Bertz CT molecular complexity index is 4230. The maximum Gasteiger partial charge on any atom is 0.264 e. The number of anilines is 5. The summed E-state index contributed by atoms with van der Waals surface area (Å²) in [4.78, 5) is 46.4. The second kappa shape index (κ2) is 32.6. The Balaban J connectivity index is 0.000000181. The quantitative estimate of drug-likeness (QED) is 0.0620. The van der Waals surface area contributed by atoms with Gasteiger partial charge in [-0.25, -0.2) is 30.2 Å². The number of halogens is 1. The molecule has 496 valence electrons. The van der Waals surface area contributed by atoms with Crippen LogP contribution in [-0.4, -0.2) is 135 Å². The van der Waals surface area contributed by atoms with E-state index in [4.69, 9.17) is 28.4 Å². The zero-order valence-electron chi connectivity index (χ0n) is 52.8. The van der Waals surface area contributed by atoms with E-state index in [1.165, 1.54) is 103 Å². The van der Waals surface area contributed by atoms with Gasteiger partial charge in [-0.2, -0.15) is 4.39 Å². The van der Waals surface area contributed by atoms with Crippen molar-refractivity contribution in [2.24, 2.45) is 0 Å². The Morgan fingerprint density at radius 2 is 0.862 bits per heavy atom. The van der Waals surface area contributed by atoms with Crippen LogP contribution in [0.4, 0.5) is 32.8 Å². The molecule has 94 heavy (non-hydrogen) atoms. The van der Waals surface area contributed by atoms with Crippen molar-refractivity contribution in [3.05, 3.63) is 200 Å². The highest BCUT2D eigenvalue weighted by Gasteiger charge is 2.35. The predicted molar refractivity (Wildman–Crippen MR) is 357 cm³/mol. The first kappa shape index (κ1) is 70.0. The molecule has 2 aliphatic rings. The Hall–Kier alpha value is -9.92. The lowest BCUT2D eigenvalue weighted by atomic mass is 10.0. The number of aryl methyl sites for hydroxylation is 1. The lowest BCUT2D eigenvalue weighted by molar-refractivity contribution is -0.129. The molecular formula is C68H74FN7O15S3. The fourth-order valence-corrected chi connectivity index (χ4v) is 14.7. The fraction of sp³-hybridized carbons (Fsp3) is 0.265. The summed E-state index contributed by atoms with van der Waals surface area (Å²) in [6.07, 6.45) is 6.92. The van der Waals surface area contributed by atoms with Crippen molar-refractivity contribution in [1.82, 2.24) is 9.88 Å². The van der Waals surface area contributed by atoms with E-state index < -0.39 is 48.5 Å². The molecule has 2 aliphatic heterocycles. The van der Waals surface area contributed by atoms with Crippen molar-refractivity contribution < 1.29 is 72.4 Å². The van der Waals surface area contributed by atoms with Gasteiger partial charge in [0.15, 0.2) is 0 Å². The number of hydrogen-bond donors (Lipinski definition) is 1. The highest BCUT2D eigenvalue weighted by molar-refractivity contribution is 7.93. The van der Waals surface area contributed by atoms with E-state index in [1.807, 2.05) is 24.3 Å². The van der Waals surface area contributed by atoms with Crippen LogP contribution in [-0.2, 0) is 50.9 Å². The molecule has 0 atom stereocenters. The van der Waals surface area contributed by atoms with Gasteiger partial charge in [-0.1, -0.05) is 85.6 Å². The number of hydrogen-bond acceptors (Lipinski definition) is 16. The SMILES string of the molecule is COc1ccc(OC)c(N(CC(=O)N2CCCCCC2)S(=O)(=O)c2ccccc2)c1.COc1ccc(OC)c(N(CC(=O)N2CCCc3ccccc32)S(=O)(=O)c2ccccc2)c1.COc1ccc(OC)c(N(CC(=O)Nc2ccnc(F)c2)S(=O)(=O)c2ccccc2)c1. The van der Waals surface area contributed by atoms with Crippen LogP contribution in [0.5, 0.6) is 34.5 Å². The lowest BCUT2D eigenvalue weighted by Crippen LogP contribution is -2.45. The number of ether oxygens (including phenoxy) is 6. The molecule has 8 aromatic rings. The number of aromatic nitrogens is 1. The molecule has 1 N–H and O–H groups in total. The van der Waals surface area contributed by atoms with Crippen LogP contribution >= 0.6 is 0 Å². The van der Waals surface area contributed by atoms with E-state index in [9.17, 15) is 44.0 Å². The molecule has 0 aliphatic carbocycles. The number of sulfonamides is 3. The summed E-state index contributed by atoms with van der Waals surface area (Å²) in [5, 5.41) is 2.48. The van der Waals surface area contributed by atoms with E-state index >= 15 is 0 Å². The van der Waals surface area contributed by atoms with Crippen molar-refractivity contribution in [3.63, 3.8) is 0 Å². The number of likely N-dealkylation sites (tertiary alicyclic amines) is 1. The van der Waals surface area contributed by atoms with Gasteiger partial charge in [-0.3, -0.25) is 27.3 Å². The molecule has 1 fully saturated rings. The lowest BCUT2D eigenvalue weighted by Gasteiger charge is -2.32. The van der Waals surface area contributed by atoms with Crippen LogP contribution in [0.1, 0.15) is 37.7 Å². The summed E-state index contributed by atoms with van der Waals surface area (Å²) in [6, 6.07) is 48.4. The zero-order valence-corrected chi connectivity index (χ0v) is 55.2. The Morgan fingerprint density at radius 1 is 0.457 bits per heavy atom. The zero-order chi connectivity index (χ0) is 67.4. The molecule has 3 amide bonds. The number of carbonyl (C=O) groups excluding carboxylic acids is 3. The second-order valence-corrected chi connectivity index (χ2v) is 26.7. The average molecular weight is 1340 g/mol. The van der Waals surface area contributed by atoms with Crippen LogP contribution in [0.15, 0.2) is 203 Å². The molecule has 1 aromatic heterocycles. The molecule has 3 heterocycles. The van der Waals surface area contributed by atoms with Gasteiger partial charge in [0.05, 0.1) is 74.4 Å². The standard InChI is InChI=1S/C25H26N2O5S.C22H28N2O5S.C21H20FN3O5S/c1-31-20-14-15-24(32-2)23(17-20)27(33(29,30)21-11-4-3-5-12-21)18-25(28)26-16-8-10-19-9-6-7-13-22(19)26;1-28-18-12-13-21(29-2)20(16-18)24(30(26,27)19-10-6-5-7-11-19)17-22(25)23-14-8-3-4-9-15-23;1-29-16-8-9-19(30-2)18(13-16)25(31(27,28)17-6-4-3-5-7-17)14-21(26)24-15-10-11-23-20(22)12-15/h3-7,9,11-15,17H,8,10,16,18H2,1-2H3;5-7,10-13,16H,3-4,8-9,14-15,17H2,1-2H3;3-13H,14H2,1-2H3,(H,23,24,26). The Morgan fingerprint density at radius 3 is 1.28 bits per heavy atom. The topological polar surface area (TPSA) is 250 Å². The number of para-hydroxylation sites is 1. The minimum Gasteiger partial charge on any atom is -0.497 e. The van der Waals surface area contributed by atoms with Crippen molar-refractivity contribution in [3.8, 4) is 34.5 Å². The third-order valence-electron chi connectivity index (χ3n) is 15.2. The van der Waals surface area contributed by atoms with Gasteiger partial charge in [-0.05, 0) is 116 Å². The maximum atomic E-state index is 13.7. The molecule has 7 aromatic carbocycles. The first-order valence-electron chi connectivity index (χ1n) is 29.7. The number of pyridine rings is 1. The summed E-state index contributed by atoms with van der Waals surface area (Å²) in [7, 11) is -3.48. The summed E-state index contributed by atoms with van der Waals surface area (Å²) in [5.74, 6) is 0.199. The van der Waals surface area contributed by atoms with E-state index in [2.05, 4.69) is 10.3 Å². The van der Waals surface area contributed by atoms with Crippen molar-refractivity contribution in [2.75, 3.05) is 105 Å². The van der Waals surface area contributed by atoms with Gasteiger partial charge < -0.3 is 43.5 Å². The fourth-order valence-electron chi connectivity index (χ4n) is 10.4. The number of rotatable bonds is 22. The molecule has 22 nitrogen and oxygen atoms in total. The van der Waals surface area contributed by atoms with Gasteiger partial charge in [-0.15, -0.1) is 0 Å². The molecule has 0 spiro atoms. The van der Waals surface area contributed by atoms with E-state index in [1.54, 1.807) is 107 Å².